The number of rotatable bonds is 3. The van der Waals surface area contributed by atoms with E-state index in [4.69, 9.17) is 4.74 Å². The molecular formula is C11H10F4O. The van der Waals surface area contributed by atoms with Gasteiger partial charge in [0, 0.05) is 6.07 Å². The van der Waals surface area contributed by atoms with Crippen LogP contribution in [0, 0.1) is 29.2 Å². The molecule has 1 fully saturated rings. The van der Waals surface area contributed by atoms with Gasteiger partial charge in [0.25, 0.3) is 0 Å². The van der Waals surface area contributed by atoms with Crippen LogP contribution in [-0.2, 0) is 0 Å². The lowest BCUT2D eigenvalue weighted by atomic mass is 9.86. The lowest BCUT2D eigenvalue weighted by Gasteiger charge is -2.25. The fourth-order valence-electron chi connectivity index (χ4n) is 1.52. The van der Waals surface area contributed by atoms with Crippen LogP contribution in [0.3, 0.4) is 0 Å². The molecule has 5 heteroatoms. The number of hydrogen-bond donors (Lipinski definition) is 0. The third kappa shape index (κ3) is 1.99. The van der Waals surface area contributed by atoms with Crippen LogP contribution in [0.2, 0.25) is 0 Å². The molecule has 0 spiro atoms. The summed E-state index contributed by atoms with van der Waals surface area (Å²) in [5.74, 6) is -6.82. The molecule has 1 aromatic rings. The molecule has 1 aliphatic rings. The van der Waals surface area contributed by atoms with Crippen molar-refractivity contribution < 1.29 is 22.3 Å². The van der Waals surface area contributed by atoms with Gasteiger partial charge in [0.05, 0.1) is 6.61 Å². The molecule has 0 aromatic heterocycles. The maximum Gasteiger partial charge on any atom is 0.203 e. The van der Waals surface area contributed by atoms with Crippen molar-refractivity contribution in [1.29, 1.82) is 0 Å². The third-order valence-corrected chi connectivity index (χ3v) is 2.77. The summed E-state index contributed by atoms with van der Waals surface area (Å²) in [6.45, 7) is 0.210. The summed E-state index contributed by atoms with van der Waals surface area (Å²) in [5, 5.41) is 0. The largest absolute Gasteiger partial charge is 0.490 e. The monoisotopic (exact) mass is 234 g/mol. The van der Waals surface area contributed by atoms with E-state index in [2.05, 4.69) is 0 Å². The minimum Gasteiger partial charge on any atom is -0.490 e. The second-order valence-electron chi connectivity index (χ2n) is 3.91. The average molecular weight is 234 g/mol. The van der Waals surface area contributed by atoms with Gasteiger partial charge in [0.15, 0.2) is 17.4 Å². The van der Waals surface area contributed by atoms with Crippen LogP contribution in [-0.4, -0.2) is 6.61 Å². The Bertz CT molecular complexity index is 401. The zero-order chi connectivity index (χ0) is 11.7. The zero-order valence-electron chi connectivity index (χ0n) is 8.40. The minimum atomic E-state index is -1.83. The molecule has 1 nitrogen and oxygen atoms in total. The maximum absolute atomic E-state index is 13.1. The second-order valence-corrected chi connectivity index (χ2v) is 3.91. The molecule has 0 N–H and O–H groups in total. The molecule has 1 aromatic carbocycles. The Hall–Kier alpha value is -1.26. The Morgan fingerprint density at radius 3 is 2.31 bits per heavy atom. The zero-order valence-corrected chi connectivity index (χ0v) is 8.40. The van der Waals surface area contributed by atoms with Crippen molar-refractivity contribution in [2.24, 2.45) is 5.92 Å². The first-order valence-corrected chi connectivity index (χ1v) is 5.05. The smallest absolute Gasteiger partial charge is 0.203 e. The first-order chi connectivity index (χ1) is 7.59. The van der Waals surface area contributed by atoms with Gasteiger partial charge in [-0.1, -0.05) is 6.42 Å². The van der Waals surface area contributed by atoms with Gasteiger partial charge in [0.2, 0.25) is 11.6 Å². The number of halogens is 4. The van der Waals surface area contributed by atoms with Gasteiger partial charge in [0.1, 0.15) is 0 Å². The summed E-state index contributed by atoms with van der Waals surface area (Å²) in [6.07, 6.45) is 3.02. The van der Waals surface area contributed by atoms with Crippen molar-refractivity contribution in [3.63, 3.8) is 0 Å². The van der Waals surface area contributed by atoms with Gasteiger partial charge in [-0.3, -0.25) is 0 Å². The van der Waals surface area contributed by atoms with Crippen LogP contribution in [0.15, 0.2) is 6.07 Å². The Kier molecular flexibility index (Phi) is 3.03. The summed E-state index contributed by atoms with van der Waals surface area (Å²) in [5.41, 5.74) is 0. The van der Waals surface area contributed by atoms with E-state index in [1.165, 1.54) is 0 Å². The molecule has 2 rings (SSSR count). The summed E-state index contributed by atoms with van der Waals surface area (Å²) in [6, 6.07) is 0.534. The highest BCUT2D eigenvalue weighted by atomic mass is 19.2. The quantitative estimate of drug-likeness (QED) is 0.442. The maximum atomic E-state index is 13.1. The Morgan fingerprint density at radius 2 is 1.75 bits per heavy atom. The second kappa shape index (κ2) is 4.31. The van der Waals surface area contributed by atoms with Gasteiger partial charge >= 0.3 is 0 Å². The van der Waals surface area contributed by atoms with E-state index in [1.54, 1.807) is 0 Å². The highest BCUT2D eigenvalue weighted by Gasteiger charge is 2.22. The van der Waals surface area contributed by atoms with E-state index in [1.807, 2.05) is 0 Å². The predicted octanol–water partition coefficient (Wildman–Crippen LogP) is 3.42. The van der Waals surface area contributed by atoms with Crippen LogP contribution in [0.1, 0.15) is 19.3 Å². The molecule has 0 atom stereocenters. The summed E-state index contributed by atoms with van der Waals surface area (Å²) >= 11 is 0. The molecule has 88 valence electrons. The van der Waals surface area contributed by atoms with Gasteiger partial charge in [-0.2, -0.15) is 4.39 Å². The molecule has 0 radical (unpaired) electrons. The topological polar surface area (TPSA) is 9.23 Å². The lowest BCUT2D eigenvalue weighted by molar-refractivity contribution is 0.172. The fourth-order valence-corrected chi connectivity index (χ4v) is 1.52. The highest BCUT2D eigenvalue weighted by Crippen LogP contribution is 2.29. The molecule has 16 heavy (non-hydrogen) atoms. The summed E-state index contributed by atoms with van der Waals surface area (Å²) in [4.78, 5) is 0. The Balaban J connectivity index is 2.13. The van der Waals surface area contributed by atoms with E-state index < -0.39 is 29.0 Å². The van der Waals surface area contributed by atoms with Crippen molar-refractivity contribution in [1.82, 2.24) is 0 Å². The first kappa shape index (κ1) is 11.2. The lowest BCUT2D eigenvalue weighted by Crippen LogP contribution is -2.20. The minimum absolute atomic E-state index is 0.210. The molecule has 0 saturated heterocycles. The molecule has 0 heterocycles. The van der Waals surface area contributed by atoms with Crippen molar-refractivity contribution in [3.8, 4) is 5.75 Å². The molecular weight excluding hydrogens is 224 g/mol. The molecule has 1 aliphatic carbocycles. The standard InChI is InChI=1S/C11H10F4O/c12-7-4-8(10(14)11(15)9(7)13)16-5-6-2-1-3-6/h4,6H,1-3,5H2. The van der Waals surface area contributed by atoms with Crippen LogP contribution >= 0.6 is 0 Å². The fraction of sp³-hybridized carbons (Fsp3) is 0.455. The van der Waals surface area contributed by atoms with Gasteiger partial charge < -0.3 is 4.74 Å². The summed E-state index contributed by atoms with van der Waals surface area (Å²) in [7, 11) is 0. The van der Waals surface area contributed by atoms with Crippen LogP contribution in [0.5, 0.6) is 5.75 Å². The molecule has 0 aliphatic heterocycles. The third-order valence-electron chi connectivity index (χ3n) is 2.77. The average Bonchev–Trinajstić information content (AvgIpc) is 2.20. The van der Waals surface area contributed by atoms with Crippen molar-refractivity contribution in [3.05, 3.63) is 29.3 Å². The van der Waals surface area contributed by atoms with Gasteiger partial charge in [-0.25, -0.2) is 13.2 Å². The first-order valence-electron chi connectivity index (χ1n) is 5.05. The molecule has 0 unspecified atom stereocenters. The molecule has 1 saturated carbocycles. The van der Waals surface area contributed by atoms with Crippen LogP contribution < -0.4 is 4.74 Å². The number of ether oxygens (including phenoxy) is 1. The van der Waals surface area contributed by atoms with Crippen molar-refractivity contribution >= 4 is 0 Å². The van der Waals surface area contributed by atoms with E-state index in [0.717, 1.165) is 19.3 Å². The van der Waals surface area contributed by atoms with Crippen molar-refractivity contribution in [2.45, 2.75) is 19.3 Å². The van der Waals surface area contributed by atoms with Crippen molar-refractivity contribution in [2.75, 3.05) is 6.61 Å². The normalized spacial score (nSPS) is 16.0. The van der Waals surface area contributed by atoms with E-state index in [9.17, 15) is 17.6 Å². The summed E-state index contributed by atoms with van der Waals surface area (Å²) < 4.78 is 56.2. The predicted molar refractivity (Wildman–Crippen MR) is 49.1 cm³/mol. The van der Waals surface area contributed by atoms with Crippen LogP contribution in [0.4, 0.5) is 17.6 Å². The Morgan fingerprint density at radius 1 is 1.06 bits per heavy atom. The number of hydrogen-bond acceptors (Lipinski definition) is 1. The van der Waals surface area contributed by atoms with Crippen LogP contribution in [0.25, 0.3) is 0 Å². The van der Waals surface area contributed by atoms with Gasteiger partial charge in [-0.05, 0) is 18.8 Å². The highest BCUT2D eigenvalue weighted by molar-refractivity contribution is 5.27. The van der Waals surface area contributed by atoms with Gasteiger partial charge in [-0.15, -0.1) is 0 Å². The van der Waals surface area contributed by atoms with E-state index in [-0.39, 0.29) is 6.61 Å². The van der Waals surface area contributed by atoms with E-state index in [0.29, 0.717) is 12.0 Å². The Labute approximate surface area is 90.0 Å². The molecule has 0 amide bonds. The van der Waals surface area contributed by atoms with E-state index >= 15 is 0 Å². The SMILES string of the molecule is Fc1cc(OCC2CCC2)c(F)c(F)c1F. The number of benzene rings is 1. The molecule has 0 bridgehead atoms.